The number of nitrogens with one attached hydrogen (secondary N) is 1. The summed E-state index contributed by atoms with van der Waals surface area (Å²) in [5, 5.41) is 13.9. The second-order valence-corrected chi connectivity index (χ2v) is 6.80. The van der Waals surface area contributed by atoms with Gasteiger partial charge in [-0.15, -0.1) is 0 Å². The highest BCUT2D eigenvalue weighted by atomic mass is 16.6. The zero-order valence-electron chi connectivity index (χ0n) is 16.0. The van der Waals surface area contributed by atoms with E-state index in [0.29, 0.717) is 0 Å². The van der Waals surface area contributed by atoms with Gasteiger partial charge in [0.2, 0.25) is 0 Å². The van der Waals surface area contributed by atoms with Crippen molar-refractivity contribution >= 4 is 17.6 Å². The number of para-hydroxylation sites is 2. The smallest absolute Gasteiger partial charge is 0.344 e. The van der Waals surface area contributed by atoms with Gasteiger partial charge < -0.3 is 14.8 Å². The van der Waals surface area contributed by atoms with Gasteiger partial charge in [0.25, 0.3) is 5.91 Å². The first-order chi connectivity index (χ1) is 14.0. The van der Waals surface area contributed by atoms with E-state index in [1.54, 1.807) is 6.07 Å². The first-order valence-electron chi connectivity index (χ1n) is 9.39. The summed E-state index contributed by atoms with van der Waals surface area (Å²) in [5.74, 6) is -1.22. The molecule has 0 spiro atoms. The highest BCUT2D eigenvalue weighted by molar-refractivity contribution is 5.84. The van der Waals surface area contributed by atoms with Gasteiger partial charge in [-0.3, -0.25) is 14.9 Å². The molecule has 0 radical (unpaired) electrons. The molecule has 1 aliphatic carbocycles. The minimum atomic E-state index is -1.01. The Morgan fingerprint density at radius 3 is 2.72 bits per heavy atom. The summed E-state index contributed by atoms with van der Waals surface area (Å²) in [5.41, 5.74) is 2.05. The number of nitro groups is 1. The topological polar surface area (TPSA) is 108 Å². The van der Waals surface area contributed by atoms with E-state index in [0.717, 1.165) is 24.8 Å². The first-order valence-corrected chi connectivity index (χ1v) is 9.39. The van der Waals surface area contributed by atoms with Gasteiger partial charge in [-0.2, -0.15) is 0 Å². The number of nitrogens with zero attached hydrogens (tertiary/aromatic N) is 1. The standard InChI is InChI=1S/C21H22N2O6/c1-14(21(25)22-17-10-6-8-15-7-2-3-9-16(15)17)29-20(24)13-28-19-12-5-4-11-18(19)23(26)27/h2-5,7,9,11-12,14,17H,6,8,10,13H2,1H3,(H,22,25)/t14-,17+/m1/s1. The average Bonchev–Trinajstić information content (AvgIpc) is 2.72. The van der Waals surface area contributed by atoms with E-state index in [2.05, 4.69) is 11.4 Å². The van der Waals surface area contributed by atoms with Gasteiger partial charge >= 0.3 is 11.7 Å². The van der Waals surface area contributed by atoms with E-state index in [1.165, 1.54) is 30.7 Å². The molecule has 1 aliphatic rings. The summed E-state index contributed by atoms with van der Waals surface area (Å²) in [6.45, 7) is 0.946. The number of nitro benzene ring substituents is 1. The number of carbonyl (C=O) groups is 2. The van der Waals surface area contributed by atoms with Crippen molar-refractivity contribution in [2.75, 3.05) is 6.61 Å². The van der Waals surface area contributed by atoms with E-state index >= 15 is 0 Å². The van der Waals surface area contributed by atoms with E-state index < -0.39 is 29.5 Å². The van der Waals surface area contributed by atoms with Crippen LogP contribution in [-0.4, -0.2) is 29.5 Å². The van der Waals surface area contributed by atoms with Gasteiger partial charge in [-0.05, 0) is 43.4 Å². The maximum atomic E-state index is 12.5. The predicted molar refractivity (Wildman–Crippen MR) is 104 cm³/mol. The zero-order valence-corrected chi connectivity index (χ0v) is 16.0. The summed E-state index contributed by atoms with van der Waals surface area (Å²) in [7, 11) is 0. The van der Waals surface area contributed by atoms with Crippen LogP contribution < -0.4 is 10.1 Å². The molecule has 2 aromatic rings. The molecule has 1 amide bonds. The van der Waals surface area contributed by atoms with Crippen molar-refractivity contribution in [2.24, 2.45) is 0 Å². The first kappa shape index (κ1) is 20.3. The fraction of sp³-hybridized carbons (Fsp3) is 0.333. The van der Waals surface area contributed by atoms with E-state index in [9.17, 15) is 19.7 Å². The fourth-order valence-corrected chi connectivity index (χ4v) is 3.34. The molecule has 0 unspecified atom stereocenters. The number of hydrogen-bond donors (Lipinski definition) is 1. The number of hydrogen-bond acceptors (Lipinski definition) is 6. The number of benzene rings is 2. The third kappa shape index (κ3) is 5.10. The van der Waals surface area contributed by atoms with Crippen molar-refractivity contribution in [3.8, 4) is 5.75 Å². The summed E-state index contributed by atoms with van der Waals surface area (Å²) in [6.07, 6.45) is 1.77. The van der Waals surface area contributed by atoms with Gasteiger partial charge in [0.05, 0.1) is 11.0 Å². The van der Waals surface area contributed by atoms with Crippen molar-refractivity contribution in [1.29, 1.82) is 0 Å². The Hall–Kier alpha value is -3.42. The molecule has 0 saturated carbocycles. The quantitative estimate of drug-likeness (QED) is 0.436. The van der Waals surface area contributed by atoms with Gasteiger partial charge in [-0.1, -0.05) is 36.4 Å². The lowest BCUT2D eigenvalue weighted by Gasteiger charge is -2.27. The molecule has 0 saturated heterocycles. The molecule has 0 fully saturated rings. The normalized spacial score (nSPS) is 16.2. The van der Waals surface area contributed by atoms with Crippen LogP contribution in [0.25, 0.3) is 0 Å². The molecule has 152 valence electrons. The summed E-state index contributed by atoms with van der Waals surface area (Å²) in [6, 6.07) is 13.6. The second-order valence-electron chi connectivity index (χ2n) is 6.80. The van der Waals surface area contributed by atoms with Crippen LogP contribution in [0.15, 0.2) is 48.5 Å². The molecular formula is C21H22N2O6. The minimum Gasteiger partial charge on any atom is -0.475 e. The van der Waals surface area contributed by atoms with E-state index in [-0.39, 0.29) is 17.5 Å². The number of carbonyl (C=O) groups excluding carboxylic acids is 2. The number of esters is 1. The van der Waals surface area contributed by atoms with Crippen LogP contribution in [0.4, 0.5) is 5.69 Å². The van der Waals surface area contributed by atoms with Gasteiger partial charge in [0, 0.05) is 6.07 Å². The highest BCUT2D eigenvalue weighted by Gasteiger charge is 2.25. The number of rotatable bonds is 7. The molecule has 8 heteroatoms. The third-order valence-electron chi connectivity index (χ3n) is 4.77. The molecule has 0 aliphatic heterocycles. The van der Waals surface area contributed by atoms with Crippen LogP contribution in [0.3, 0.4) is 0 Å². The van der Waals surface area contributed by atoms with Crippen molar-refractivity contribution in [3.05, 3.63) is 69.8 Å². The lowest BCUT2D eigenvalue weighted by Crippen LogP contribution is -2.39. The molecule has 2 atom stereocenters. The number of fused-ring (bicyclic) bond motifs is 1. The molecule has 3 rings (SSSR count). The molecule has 2 aromatic carbocycles. The Balaban J connectivity index is 1.52. The molecule has 29 heavy (non-hydrogen) atoms. The van der Waals surface area contributed by atoms with Crippen LogP contribution >= 0.6 is 0 Å². The maximum absolute atomic E-state index is 12.5. The summed E-state index contributed by atoms with van der Waals surface area (Å²) in [4.78, 5) is 34.8. The number of amides is 1. The largest absolute Gasteiger partial charge is 0.475 e. The van der Waals surface area contributed by atoms with Gasteiger partial charge in [-0.25, -0.2) is 4.79 Å². The Bertz CT molecular complexity index is 914. The molecule has 0 aromatic heterocycles. The van der Waals surface area contributed by atoms with E-state index in [1.807, 2.05) is 18.2 Å². The molecule has 0 heterocycles. The predicted octanol–water partition coefficient (Wildman–Crippen LogP) is 3.10. The van der Waals surface area contributed by atoms with Gasteiger partial charge in [0.15, 0.2) is 18.5 Å². The van der Waals surface area contributed by atoms with Crippen LogP contribution in [0.2, 0.25) is 0 Å². The maximum Gasteiger partial charge on any atom is 0.344 e. The fourth-order valence-electron chi connectivity index (χ4n) is 3.34. The summed E-state index contributed by atoms with van der Waals surface area (Å²) >= 11 is 0. The SMILES string of the molecule is C[C@@H](OC(=O)COc1ccccc1[N+](=O)[O-])C(=O)N[C@H]1CCCc2ccccc21. The minimum absolute atomic E-state index is 0.0367. The molecule has 8 nitrogen and oxygen atoms in total. The lowest BCUT2D eigenvalue weighted by atomic mass is 9.87. The molecule has 0 bridgehead atoms. The molecular weight excluding hydrogens is 376 g/mol. The second kappa shape index (κ2) is 9.18. The van der Waals surface area contributed by atoms with Crippen molar-refractivity contribution in [1.82, 2.24) is 5.32 Å². The van der Waals surface area contributed by atoms with Crippen molar-refractivity contribution in [3.63, 3.8) is 0 Å². The van der Waals surface area contributed by atoms with Crippen molar-refractivity contribution < 1.29 is 24.0 Å². The Kier molecular flexibility index (Phi) is 6.43. The zero-order chi connectivity index (χ0) is 20.8. The van der Waals surface area contributed by atoms with Crippen molar-refractivity contribution in [2.45, 2.75) is 38.3 Å². The summed E-state index contributed by atoms with van der Waals surface area (Å²) < 4.78 is 10.3. The number of ether oxygens (including phenoxy) is 2. The Morgan fingerprint density at radius 2 is 1.93 bits per heavy atom. The highest BCUT2D eigenvalue weighted by Crippen LogP contribution is 2.29. The Labute approximate surface area is 168 Å². The van der Waals surface area contributed by atoms with E-state index in [4.69, 9.17) is 9.47 Å². The number of aryl methyl sites for hydroxylation is 1. The Morgan fingerprint density at radius 1 is 1.21 bits per heavy atom. The lowest BCUT2D eigenvalue weighted by molar-refractivity contribution is -0.385. The van der Waals surface area contributed by atoms with Crippen LogP contribution in [0.5, 0.6) is 5.75 Å². The molecule has 1 N–H and O–H groups in total. The van der Waals surface area contributed by atoms with Crippen LogP contribution in [-0.2, 0) is 20.7 Å². The van der Waals surface area contributed by atoms with Gasteiger partial charge in [0.1, 0.15) is 0 Å². The average molecular weight is 398 g/mol. The third-order valence-corrected chi connectivity index (χ3v) is 4.77. The van der Waals surface area contributed by atoms with Crippen LogP contribution in [0, 0.1) is 10.1 Å². The monoisotopic (exact) mass is 398 g/mol. The van der Waals surface area contributed by atoms with Crippen LogP contribution in [0.1, 0.15) is 36.9 Å².